The van der Waals surface area contributed by atoms with E-state index in [2.05, 4.69) is 28.2 Å². The number of nitrogens with one attached hydrogen (secondary N) is 1. The lowest BCUT2D eigenvalue weighted by molar-refractivity contribution is -0.128. The first-order valence-corrected chi connectivity index (χ1v) is 6.80. The van der Waals surface area contributed by atoms with Crippen molar-refractivity contribution in [3.8, 4) is 0 Å². The summed E-state index contributed by atoms with van der Waals surface area (Å²) in [6.07, 6.45) is 3.18. The minimum Gasteiger partial charge on any atom is -0.325 e. The summed E-state index contributed by atoms with van der Waals surface area (Å²) in [5, 5.41) is 3.09. The Hall–Kier alpha value is -0.830. The molecule has 2 rings (SSSR count). The van der Waals surface area contributed by atoms with Gasteiger partial charge < -0.3 is 5.32 Å². The monoisotopic (exact) mass is 295 g/mol. The van der Waals surface area contributed by atoms with Crippen molar-refractivity contribution < 1.29 is 4.79 Å². The number of benzene rings is 1. The Balaban J connectivity index is 2.21. The van der Waals surface area contributed by atoms with Gasteiger partial charge in [-0.15, -0.1) is 0 Å². The summed E-state index contributed by atoms with van der Waals surface area (Å²) in [7, 11) is 0. The average Bonchev–Trinajstić information content (AvgIpc) is 2.19. The molecule has 0 unspecified atom stereocenters. The second kappa shape index (κ2) is 4.45. The number of amides is 1. The summed E-state index contributed by atoms with van der Waals surface area (Å²) in [6.45, 7) is 6.10. The van der Waals surface area contributed by atoms with Crippen LogP contribution >= 0.6 is 15.9 Å². The first-order valence-electron chi connectivity index (χ1n) is 6.00. The van der Waals surface area contributed by atoms with Gasteiger partial charge in [0, 0.05) is 15.6 Å². The number of carbonyl (C=O) groups is 1. The van der Waals surface area contributed by atoms with Crippen molar-refractivity contribution in [3.63, 3.8) is 0 Å². The molecule has 1 aliphatic carbocycles. The lowest BCUT2D eigenvalue weighted by Crippen LogP contribution is -2.39. The maximum atomic E-state index is 12.2. The molecule has 0 aliphatic heterocycles. The normalized spacial score (nSPS) is 17.4. The SMILES string of the molecule is Cc1cc(Br)cc(C)c1NC(=O)C1(C)CCC1. The Morgan fingerprint density at radius 3 is 2.24 bits per heavy atom. The van der Waals surface area contributed by atoms with E-state index in [1.54, 1.807) is 0 Å². The van der Waals surface area contributed by atoms with Crippen LogP contribution in [0, 0.1) is 19.3 Å². The molecule has 17 heavy (non-hydrogen) atoms. The molecule has 1 aromatic rings. The lowest BCUT2D eigenvalue weighted by Gasteiger charge is -2.36. The van der Waals surface area contributed by atoms with E-state index in [0.29, 0.717) is 0 Å². The highest BCUT2D eigenvalue weighted by Crippen LogP contribution is 2.41. The van der Waals surface area contributed by atoms with Gasteiger partial charge in [0.2, 0.25) is 5.91 Å². The lowest BCUT2D eigenvalue weighted by atomic mass is 9.70. The summed E-state index contributed by atoms with van der Waals surface area (Å²) < 4.78 is 1.06. The highest BCUT2D eigenvalue weighted by Gasteiger charge is 2.39. The van der Waals surface area contributed by atoms with Crippen molar-refractivity contribution in [1.29, 1.82) is 0 Å². The smallest absolute Gasteiger partial charge is 0.230 e. The van der Waals surface area contributed by atoms with Gasteiger partial charge in [-0.25, -0.2) is 0 Å². The molecule has 0 bridgehead atoms. The van der Waals surface area contributed by atoms with Crippen molar-refractivity contribution in [2.45, 2.75) is 40.0 Å². The van der Waals surface area contributed by atoms with E-state index < -0.39 is 0 Å². The molecule has 0 atom stereocenters. The van der Waals surface area contributed by atoms with Crippen molar-refractivity contribution in [1.82, 2.24) is 0 Å². The molecule has 92 valence electrons. The summed E-state index contributed by atoms with van der Waals surface area (Å²) in [5.41, 5.74) is 3.03. The van der Waals surface area contributed by atoms with E-state index in [4.69, 9.17) is 0 Å². The molecule has 1 N–H and O–H groups in total. The number of rotatable bonds is 2. The fourth-order valence-corrected chi connectivity index (χ4v) is 2.99. The van der Waals surface area contributed by atoms with Gasteiger partial charge >= 0.3 is 0 Å². The van der Waals surface area contributed by atoms with Crippen LogP contribution in [0.1, 0.15) is 37.3 Å². The maximum absolute atomic E-state index is 12.2. The zero-order chi connectivity index (χ0) is 12.6. The molecule has 1 amide bonds. The zero-order valence-corrected chi connectivity index (χ0v) is 12.1. The van der Waals surface area contributed by atoms with Crippen LogP contribution < -0.4 is 5.32 Å². The van der Waals surface area contributed by atoms with Gasteiger partial charge in [-0.3, -0.25) is 4.79 Å². The molecule has 1 fully saturated rings. The molecule has 0 saturated heterocycles. The van der Waals surface area contributed by atoms with Gasteiger partial charge in [-0.1, -0.05) is 29.3 Å². The predicted octanol–water partition coefficient (Wildman–Crippen LogP) is 4.19. The third-order valence-corrected chi connectivity index (χ3v) is 4.20. The molecule has 0 aromatic heterocycles. The summed E-state index contributed by atoms with van der Waals surface area (Å²) >= 11 is 3.46. The third-order valence-electron chi connectivity index (χ3n) is 3.74. The Labute approximate surface area is 111 Å². The Kier molecular flexibility index (Phi) is 3.30. The molecule has 1 aromatic carbocycles. The van der Waals surface area contributed by atoms with Crippen molar-refractivity contribution in [2.24, 2.45) is 5.41 Å². The van der Waals surface area contributed by atoms with Gasteiger partial charge in [0.05, 0.1) is 0 Å². The number of anilines is 1. The van der Waals surface area contributed by atoms with E-state index in [-0.39, 0.29) is 11.3 Å². The van der Waals surface area contributed by atoms with Crippen LogP contribution in [0.5, 0.6) is 0 Å². The predicted molar refractivity (Wildman–Crippen MR) is 74.2 cm³/mol. The first-order chi connectivity index (χ1) is 7.92. The molecule has 0 heterocycles. The molecule has 3 heteroatoms. The number of hydrogen-bond donors (Lipinski definition) is 1. The Bertz CT molecular complexity index is 440. The Morgan fingerprint density at radius 1 is 1.29 bits per heavy atom. The van der Waals surface area contributed by atoms with Gasteiger partial charge in [-0.05, 0) is 49.9 Å². The molecular weight excluding hydrogens is 278 g/mol. The molecular formula is C14H18BrNO. The van der Waals surface area contributed by atoms with E-state index >= 15 is 0 Å². The van der Waals surface area contributed by atoms with Crippen LogP contribution in [0.4, 0.5) is 5.69 Å². The zero-order valence-electron chi connectivity index (χ0n) is 10.6. The van der Waals surface area contributed by atoms with Crippen LogP contribution in [0.15, 0.2) is 16.6 Å². The van der Waals surface area contributed by atoms with Crippen LogP contribution in [0.25, 0.3) is 0 Å². The standard InChI is InChI=1S/C14H18BrNO/c1-9-7-11(15)8-10(2)12(9)16-13(17)14(3)5-4-6-14/h7-8H,4-6H2,1-3H3,(H,16,17). The fourth-order valence-electron chi connectivity index (χ4n) is 2.31. The van der Waals surface area contributed by atoms with Crippen LogP contribution in [0.2, 0.25) is 0 Å². The van der Waals surface area contributed by atoms with Crippen molar-refractivity contribution in [3.05, 3.63) is 27.7 Å². The van der Waals surface area contributed by atoms with E-state index in [0.717, 1.165) is 34.1 Å². The van der Waals surface area contributed by atoms with Crippen LogP contribution in [-0.4, -0.2) is 5.91 Å². The van der Waals surface area contributed by atoms with E-state index in [1.165, 1.54) is 6.42 Å². The van der Waals surface area contributed by atoms with Crippen molar-refractivity contribution >= 4 is 27.5 Å². The number of halogens is 1. The summed E-state index contributed by atoms with van der Waals surface area (Å²) in [6, 6.07) is 4.07. The number of aryl methyl sites for hydroxylation is 2. The second-order valence-corrected chi connectivity index (χ2v) is 6.20. The van der Waals surface area contributed by atoms with E-state index in [1.807, 2.05) is 26.0 Å². The highest BCUT2D eigenvalue weighted by atomic mass is 79.9. The summed E-state index contributed by atoms with van der Waals surface area (Å²) in [4.78, 5) is 12.2. The second-order valence-electron chi connectivity index (χ2n) is 5.28. The van der Waals surface area contributed by atoms with Crippen molar-refractivity contribution in [2.75, 3.05) is 5.32 Å². The average molecular weight is 296 g/mol. The molecule has 2 nitrogen and oxygen atoms in total. The molecule has 1 aliphatic rings. The van der Waals surface area contributed by atoms with Gasteiger partial charge in [0.25, 0.3) is 0 Å². The minimum absolute atomic E-state index is 0.147. The number of hydrogen-bond acceptors (Lipinski definition) is 1. The highest BCUT2D eigenvalue weighted by molar-refractivity contribution is 9.10. The third kappa shape index (κ3) is 2.39. The summed E-state index contributed by atoms with van der Waals surface area (Å²) in [5.74, 6) is 0.164. The number of carbonyl (C=O) groups excluding carboxylic acids is 1. The fraction of sp³-hybridized carbons (Fsp3) is 0.500. The maximum Gasteiger partial charge on any atom is 0.230 e. The van der Waals surface area contributed by atoms with Crippen LogP contribution in [-0.2, 0) is 4.79 Å². The topological polar surface area (TPSA) is 29.1 Å². The quantitative estimate of drug-likeness (QED) is 0.871. The molecule has 0 spiro atoms. The van der Waals surface area contributed by atoms with Gasteiger partial charge in [-0.2, -0.15) is 0 Å². The van der Waals surface area contributed by atoms with E-state index in [9.17, 15) is 4.79 Å². The van der Waals surface area contributed by atoms with Crippen LogP contribution in [0.3, 0.4) is 0 Å². The first kappa shape index (κ1) is 12.6. The minimum atomic E-state index is -0.147. The van der Waals surface area contributed by atoms with Gasteiger partial charge in [0.15, 0.2) is 0 Å². The molecule has 0 radical (unpaired) electrons. The Morgan fingerprint density at radius 2 is 1.82 bits per heavy atom. The van der Waals surface area contributed by atoms with Gasteiger partial charge in [0.1, 0.15) is 0 Å². The molecule has 1 saturated carbocycles. The largest absolute Gasteiger partial charge is 0.325 e.